The summed E-state index contributed by atoms with van der Waals surface area (Å²) in [4.78, 5) is 0. The van der Waals surface area contributed by atoms with Crippen molar-refractivity contribution in [2.24, 2.45) is 0 Å². The Kier molecular flexibility index (Phi) is 8.11. The molecule has 0 aliphatic rings. The molecule has 12 rings (SSSR count). The fourth-order valence-corrected chi connectivity index (χ4v) is 9.94. The molecule has 3 heterocycles. The summed E-state index contributed by atoms with van der Waals surface area (Å²) in [7, 11) is 0. The van der Waals surface area contributed by atoms with Crippen molar-refractivity contribution in [3.8, 4) is 39.1 Å². The Morgan fingerprint density at radius 2 is 1.05 bits per heavy atom. The summed E-state index contributed by atoms with van der Waals surface area (Å²) in [5, 5.41) is 7.17. The molecule has 61 heavy (non-hydrogen) atoms. The molecule has 0 N–H and O–H groups in total. The molecule has 0 unspecified atom stereocenters. The normalized spacial score (nSPS) is 11.9. The van der Waals surface area contributed by atoms with E-state index in [1.807, 2.05) is 18.2 Å². The average molecular weight is 784 g/mol. The van der Waals surface area contributed by atoms with E-state index in [9.17, 15) is 0 Å². The van der Waals surface area contributed by atoms with Crippen molar-refractivity contribution < 1.29 is 8.83 Å². The van der Waals surface area contributed by atoms with Gasteiger partial charge in [-0.15, -0.1) is 0 Å². The van der Waals surface area contributed by atoms with Gasteiger partial charge >= 0.3 is 0 Å². The molecule has 0 saturated heterocycles. The van der Waals surface area contributed by atoms with Gasteiger partial charge in [-0.25, -0.2) is 0 Å². The van der Waals surface area contributed by atoms with Crippen LogP contribution in [0.15, 0.2) is 197 Å². The van der Waals surface area contributed by atoms with Crippen molar-refractivity contribution in [2.45, 2.75) is 26.7 Å². The lowest BCUT2D eigenvalue weighted by molar-refractivity contribution is 0.668. The highest BCUT2D eigenvalue weighted by atomic mass is 16.3. The van der Waals surface area contributed by atoms with Crippen molar-refractivity contribution in [1.82, 2.24) is 4.57 Å². The first-order valence-corrected chi connectivity index (χ1v) is 21.2. The predicted octanol–water partition coefficient (Wildman–Crippen LogP) is 16.0. The molecule has 12 aromatic rings. The highest BCUT2D eigenvalue weighted by Crippen LogP contribution is 2.44. The molecule has 3 nitrogen and oxygen atoms in total. The van der Waals surface area contributed by atoms with Crippen molar-refractivity contribution in [1.29, 1.82) is 0 Å². The number of fused-ring (bicyclic) bond motifs is 9. The van der Waals surface area contributed by atoms with Gasteiger partial charge in [0.15, 0.2) is 0 Å². The van der Waals surface area contributed by atoms with Gasteiger partial charge in [-0.1, -0.05) is 127 Å². The van der Waals surface area contributed by atoms with Crippen molar-refractivity contribution in [2.75, 3.05) is 0 Å². The quantitative estimate of drug-likeness (QED) is 0.161. The summed E-state index contributed by atoms with van der Waals surface area (Å²) < 4.78 is 15.0. The molecule has 290 valence electrons. The van der Waals surface area contributed by atoms with Crippen LogP contribution in [-0.4, -0.2) is 4.57 Å². The third-order valence-corrected chi connectivity index (χ3v) is 12.8. The molecule has 0 atom stereocenters. The Balaban J connectivity index is 1.07. The summed E-state index contributed by atoms with van der Waals surface area (Å²) in [5.41, 5.74) is 19.7. The van der Waals surface area contributed by atoms with Crippen molar-refractivity contribution in [3.63, 3.8) is 0 Å². The molecule has 0 spiro atoms. The number of para-hydroxylation sites is 3. The fraction of sp³-hybridized carbons (Fsp3) is 0.0690. The summed E-state index contributed by atoms with van der Waals surface area (Å²) in [6, 6.07) is 68.2. The molecular weight excluding hydrogens is 743 g/mol. The van der Waals surface area contributed by atoms with Gasteiger partial charge in [-0.3, -0.25) is 0 Å². The summed E-state index contributed by atoms with van der Waals surface area (Å²) in [6.45, 7) is 4.47. The van der Waals surface area contributed by atoms with Crippen LogP contribution in [0, 0.1) is 13.8 Å². The van der Waals surface area contributed by atoms with E-state index in [0.717, 1.165) is 51.6 Å². The van der Waals surface area contributed by atoms with Gasteiger partial charge in [-0.2, -0.15) is 0 Å². The number of furan rings is 2. The first-order chi connectivity index (χ1) is 30.1. The standard InChI is InChI=1S/C58H41NO2/c1-36-13-3-4-17-44(36)42-15-11-16-43(33-42)59-50-21-8-5-19-46(50)58-51(59)31-25-37(2)56(58)48-34-40(41-30-32-54-49(35-41)45-18-6-9-22-52(45)60-54)29-27-38(48)26-28-39-14-12-24-55-57(39)47-20-7-10-23-53(47)61-55/h3-25,27,29-35H,26,28H2,1-2H3. The summed E-state index contributed by atoms with van der Waals surface area (Å²) in [6.07, 6.45) is 1.75. The molecule has 3 heteroatoms. The average Bonchev–Trinajstić information content (AvgIpc) is 3.98. The SMILES string of the molecule is Cc1ccccc1-c1cccc(-n2c3ccccc3c3c(-c4cc(-c5ccc6oc7ccccc7c6c5)ccc4CCc4cccc5oc6ccccc6c45)c(C)ccc32)c1. The van der Waals surface area contributed by atoms with Crippen molar-refractivity contribution in [3.05, 3.63) is 210 Å². The smallest absolute Gasteiger partial charge is 0.135 e. The van der Waals surface area contributed by atoms with E-state index >= 15 is 0 Å². The number of hydrogen-bond donors (Lipinski definition) is 0. The number of rotatable bonds is 7. The van der Waals surface area contributed by atoms with Gasteiger partial charge < -0.3 is 13.4 Å². The Morgan fingerprint density at radius 3 is 1.93 bits per heavy atom. The lowest BCUT2D eigenvalue weighted by Crippen LogP contribution is -1.98. The lowest BCUT2D eigenvalue weighted by atomic mass is 9.87. The van der Waals surface area contributed by atoms with Gasteiger partial charge in [0.1, 0.15) is 22.3 Å². The highest BCUT2D eigenvalue weighted by Gasteiger charge is 2.21. The zero-order valence-corrected chi connectivity index (χ0v) is 34.1. The van der Waals surface area contributed by atoms with Crippen LogP contribution in [0.3, 0.4) is 0 Å². The van der Waals surface area contributed by atoms with Crippen LogP contribution in [0.25, 0.3) is 105 Å². The van der Waals surface area contributed by atoms with Crippen LogP contribution in [0.2, 0.25) is 0 Å². The molecule has 0 saturated carbocycles. The molecule has 0 fully saturated rings. The largest absolute Gasteiger partial charge is 0.456 e. The number of aromatic nitrogens is 1. The topological polar surface area (TPSA) is 31.2 Å². The first kappa shape index (κ1) is 35.3. The molecule has 3 aromatic heterocycles. The second kappa shape index (κ2) is 14.0. The van der Waals surface area contributed by atoms with Gasteiger partial charge in [-0.05, 0) is 143 Å². The van der Waals surface area contributed by atoms with Crippen LogP contribution in [-0.2, 0) is 12.8 Å². The molecule has 0 radical (unpaired) electrons. The van der Waals surface area contributed by atoms with Gasteiger partial charge in [0.2, 0.25) is 0 Å². The van der Waals surface area contributed by atoms with E-state index < -0.39 is 0 Å². The van der Waals surface area contributed by atoms with E-state index in [1.165, 1.54) is 88.2 Å². The molecule has 0 aliphatic carbocycles. The fourth-order valence-electron chi connectivity index (χ4n) is 9.94. The maximum absolute atomic E-state index is 6.33. The first-order valence-electron chi connectivity index (χ1n) is 21.2. The number of benzene rings is 9. The third kappa shape index (κ3) is 5.73. The zero-order chi connectivity index (χ0) is 40.6. The molecule has 0 amide bonds. The number of aryl methyl sites for hydroxylation is 4. The monoisotopic (exact) mass is 783 g/mol. The molecular formula is C58H41NO2. The lowest BCUT2D eigenvalue weighted by Gasteiger charge is -2.17. The molecule has 0 aliphatic heterocycles. The maximum atomic E-state index is 6.33. The van der Waals surface area contributed by atoms with E-state index in [2.05, 4.69) is 188 Å². The second-order valence-electron chi connectivity index (χ2n) is 16.4. The minimum Gasteiger partial charge on any atom is -0.456 e. The van der Waals surface area contributed by atoms with Crippen molar-refractivity contribution >= 4 is 65.7 Å². The minimum absolute atomic E-state index is 0.868. The summed E-state index contributed by atoms with van der Waals surface area (Å²) in [5.74, 6) is 0. The summed E-state index contributed by atoms with van der Waals surface area (Å²) >= 11 is 0. The van der Waals surface area contributed by atoms with Crippen LogP contribution >= 0.6 is 0 Å². The predicted molar refractivity (Wildman–Crippen MR) is 255 cm³/mol. The Bertz CT molecular complexity index is 3690. The van der Waals surface area contributed by atoms with Crippen LogP contribution in [0.4, 0.5) is 0 Å². The van der Waals surface area contributed by atoms with Gasteiger partial charge in [0.05, 0.1) is 11.0 Å². The minimum atomic E-state index is 0.868. The molecule has 0 bridgehead atoms. The Labute approximate surface area is 353 Å². The van der Waals surface area contributed by atoms with Crippen LogP contribution in [0.5, 0.6) is 0 Å². The molecule has 9 aromatic carbocycles. The van der Waals surface area contributed by atoms with Crippen LogP contribution < -0.4 is 0 Å². The van der Waals surface area contributed by atoms with E-state index in [1.54, 1.807) is 0 Å². The van der Waals surface area contributed by atoms with Gasteiger partial charge in [0.25, 0.3) is 0 Å². The second-order valence-corrected chi connectivity index (χ2v) is 16.4. The van der Waals surface area contributed by atoms with E-state index in [-0.39, 0.29) is 0 Å². The third-order valence-electron chi connectivity index (χ3n) is 12.8. The van der Waals surface area contributed by atoms with E-state index in [4.69, 9.17) is 8.83 Å². The Morgan fingerprint density at radius 1 is 0.377 bits per heavy atom. The number of nitrogens with zero attached hydrogens (tertiary/aromatic N) is 1. The van der Waals surface area contributed by atoms with E-state index in [0.29, 0.717) is 0 Å². The highest BCUT2D eigenvalue weighted by molar-refractivity contribution is 6.17. The zero-order valence-electron chi connectivity index (χ0n) is 34.1. The Hall–Kier alpha value is -7.62. The maximum Gasteiger partial charge on any atom is 0.135 e. The van der Waals surface area contributed by atoms with Gasteiger partial charge in [0, 0.05) is 38.0 Å². The number of hydrogen-bond acceptors (Lipinski definition) is 2. The van der Waals surface area contributed by atoms with Crippen LogP contribution in [0.1, 0.15) is 22.3 Å².